The molecule has 0 atom stereocenters. The molecule has 67 heavy (non-hydrogen) atoms. The maximum absolute atomic E-state index is 6.31. The number of benzene rings is 4. The van der Waals surface area contributed by atoms with E-state index in [2.05, 4.69) is 185 Å². The lowest BCUT2D eigenvalue weighted by Gasteiger charge is -2.72. The van der Waals surface area contributed by atoms with Crippen molar-refractivity contribution >= 4 is 57.4 Å². The van der Waals surface area contributed by atoms with E-state index in [1.54, 1.807) is 0 Å². The Labute approximate surface area is 404 Å². The number of fused-ring (bicyclic) bond motifs is 5. The first-order valence-corrected chi connectivity index (χ1v) is 26.7. The van der Waals surface area contributed by atoms with Gasteiger partial charge in [0.2, 0.25) is 0 Å². The molecule has 7 saturated carbocycles. The Balaban J connectivity index is 1.12. The van der Waals surface area contributed by atoms with E-state index >= 15 is 0 Å². The first-order chi connectivity index (χ1) is 31.5. The van der Waals surface area contributed by atoms with Crippen LogP contribution in [0.4, 0.5) is 34.3 Å². The molecule has 0 saturated heterocycles. The minimum Gasteiger partial charge on any atom is -0.311 e. The Morgan fingerprint density at radius 3 is 1.49 bits per heavy atom. The molecule has 8 aliphatic carbocycles. The summed E-state index contributed by atoms with van der Waals surface area (Å²) in [5.41, 5.74) is 19.6. The van der Waals surface area contributed by atoms with Crippen molar-refractivity contribution in [3.8, 4) is 0 Å². The smallest absolute Gasteiger partial charge is 0.254 e. The fraction of sp³-hybridized carbons (Fsp3) is 0.540. The highest BCUT2D eigenvalue weighted by atomic mass is 15.2. The first kappa shape index (κ1) is 42.8. The predicted molar refractivity (Wildman–Crippen MR) is 283 cm³/mol. The molecule has 0 spiro atoms. The van der Waals surface area contributed by atoms with Crippen molar-refractivity contribution in [3.63, 3.8) is 0 Å². The van der Waals surface area contributed by atoms with Crippen LogP contribution in [0.2, 0.25) is 0 Å². The third kappa shape index (κ3) is 6.05. The number of rotatable bonds is 3. The van der Waals surface area contributed by atoms with Crippen molar-refractivity contribution < 1.29 is 0 Å². The summed E-state index contributed by atoms with van der Waals surface area (Å²) >= 11 is 0. The molecule has 4 heteroatoms. The second-order valence-electron chi connectivity index (χ2n) is 28.2. The second-order valence-corrected chi connectivity index (χ2v) is 28.2. The molecule has 10 aliphatic rings. The lowest BCUT2D eigenvalue weighted by atomic mass is 9.32. The maximum atomic E-state index is 6.31. The summed E-state index contributed by atoms with van der Waals surface area (Å²) in [5, 5.41) is 0. The van der Waals surface area contributed by atoms with Gasteiger partial charge in [-0.25, -0.2) is 4.98 Å². The van der Waals surface area contributed by atoms with E-state index in [0.29, 0.717) is 0 Å². The average molecular weight is 886 g/mol. The zero-order valence-electron chi connectivity index (χ0n) is 43.2. The molecule has 5 aromatic rings. The van der Waals surface area contributed by atoms with Gasteiger partial charge in [-0.3, -0.25) is 4.90 Å². The van der Waals surface area contributed by atoms with Gasteiger partial charge in [-0.2, -0.15) is 0 Å². The molecular weight excluding hydrogens is 810 g/mol. The van der Waals surface area contributed by atoms with Crippen LogP contribution < -0.4 is 26.2 Å². The number of aromatic nitrogens is 1. The van der Waals surface area contributed by atoms with Crippen LogP contribution in [0.25, 0.3) is 0 Å². The van der Waals surface area contributed by atoms with Crippen molar-refractivity contribution in [3.05, 3.63) is 118 Å². The summed E-state index contributed by atoms with van der Waals surface area (Å²) in [6.45, 7) is 31.3. The van der Waals surface area contributed by atoms with Crippen LogP contribution in [-0.4, -0.2) is 11.7 Å². The summed E-state index contributed by atoms with van der Waals surface area (Å²) in [6.07, 6.45) is 10.9. The molecule has 1 aromatic heterocycles. The maximum Gasteiger partial charge on any atom is 0.254 e. The summed E-state index contributed by atoms with van der Waals surface area (Å²) in [4.78, 5) is 11.7. The van der Waals surface area contributed by atoms with E-state index in [-0.39, 0.29) is 39.2 Å². The minimum atomic E-state index is -0.00461. The summed E-state index contributed by atoms with van der Waals surface area (Å²) in [7, 11) is 0. The van der Waals surface area contributed by atoms with E-state index in [9.17, 15) is 0 Å². The highest BCUT2D eigenvalue weighted by Crippen LogP contribution is 2.74. The zero-order chi connectivity index (χ0) is 46.7. The molecular formula is C63H76BN3. The van der Waals surface area contributed by atoms with Gasteiger partial charge >= 0.3 is 0 Å². The van der Waals surface area contributed by atoms with Crippen LogP contribution in [0.15, 0.2) is 84.9 Å². The van der Waals surface area contributed by atoms with Crippen molar-refractivity contribution in [2.45, 2.75) is 174 Å². The first-order valence-electron chi connectivity index (χ1n) is 26.7. The number of anilines is 6. The Bertz CT molecular complexity index is 2830. The van der Waals surface area contributed by atoms with Crippen LogP contribution in [0.3, 0.4) is 0 Å². The quantitative estimate of drug-likeness (QED) is 0.165. The number of hydrogen-bond donors (Lipinski definition) is 0. The SMILES string of the molecule is CC(C)(C)c1ccc(N2c3ccc(C(C)(C)C)cc3B3c4cc(C(C)(C)C)ccc4N(c4ccc5c(c4)C(C)(C)CCC5(C)C)c4cc(C56CC7C8CC9CC7C(C5)C(C9)C8C6)nc2c43)cc1. The van der Waals surface area contributed by atoms with Gasteiger partial charge in [0, 0.05) is 33.9 Å². The molecule has 4 aromatic carbocycles. The molecule has 0 amide bonds. The van der Waals surface area contributed by atoms with Crippen LogP contribution in [-0.2, 0) is 32.5 Å². The fourth-order valence-corrected chi connectivity index (χ4v) is 16.7. The van der Waals surface area contributed by atoms with Crippen LogP contribution in [0, 0.1) is 41.4 Å². The van der Waals surface area contributed by atoms with Gasteiger partial charge in [0.1, 0.15) is 5.82 Å². The third-order valence-corrected chi connectivity index (χ3v) is 20.3. The highest BCUT2D eigenvalue weighted by molar-refractivity contribution is 7.00. The molecule has 346 valence electrons. The molecule has 0 unspecified atom stereocenters. The molecule has 0 N–H and O–H groups in total. The molecule has 3 nitrogen and oxygen atoms in total. The van der Waals surface area contributed by atoms with Crippen molar-refractivity contribution in [2.24, 2.45) is 41.4 Å². The normalized spacial score (nSPS) is 30.0. The van der Waals surface area contributed by atoms with Crippen molar-refractivity contribution in [1.82, 2.24) is 4.98 Å². The fourth-order valence-electron chi connectivity index (χ4n) is 16.7. The second kappa shape index (κ2) is 13.5. The minimum absolute atomic E-state index is 0.00279. The zero-order valence-corrected chi connectivity index (χ0v) is 43.2. The van der Waals surface area contributed by atoms with E-state index in [1.165, 1.54) is 130 Å². The lowest BCUT2D eigenvalue weighted by Crippen LogP contribution is -2.66. The van der Waals surface area contributed by atoms with Gasteiger partial charge in [-0.15, -0.1) is 0 Å². The molecule has 7 fully saturated rings. The summed E-state index contributed by atoms with van der Waals surface area (Å²) < 4.78 is 0. The van der Waals surface area contributed by atoms with Crippen molar-refractivity contribution in [2.75, 3.05) is 9.80 Å². The van der Waals surface area contributed by atoms with Gasteiger partial charge < -0.3 is 4.90 Å². The van der Waals surface area contributed by atoms with E-state index in [1.807, 2.05) is 0 Å². The topological polar surface area (TPSA) is 19.4 Å². The predicted octanol–water partition coefficient (Wildman–Crippen LogP) is 14.4. The third-order valence-electron chi connectivity index (χ3n) is 20.3. The highest BCUT2D eigenvalue weighted by Gasteiger charge is 2.68. The van der Waals surface area contributed by atoms with E-state index in [0.717, 1.165) is 47.2 Å². The van der Waals surface area contributed by atoms with E-state index in [4.69, 9.17) is 4.98 Å². The largest absolute Gasteiger partial charge is 0.311 e. The van der Waals surface area contributed by atoms with Crippen LogP contribution in [0.1, 0.15) is 175 Å². The Morgan fingerprint density at radius 2 is 0.970 bits per heavy atom. The molecule has 0 radical (unpaired) electrons. The van der Waals surface area contributed by atoms with Crippen molar-refractivity contribution in [1.29, 1.82) is 0 Å². The standard InChI is InChI=1S/C63H76BN3/c1-58(2,3)37-14-18-40(19-15-37)67-53-23-17-39(60(7,8)9)30-51(53)64-50-29-38(59(4,5)6)16-22-52(50)66(41-20-21-48-49(31-41)62(12,13)25-24-61(48,10)11)54-32-55(65-57(67)56(54)64)63-33-45-42-26-36-27-43(45)47(35-63)44(28-36)46(42)34-63/h14-23,29-32,36,42-47H,24-28,33-35H2,1-13H3. The van der Waals surface area contributed by atoms with Gasteiger partial charge in [0.25, 0.3) is 6.71 Å². The Kier molecular flexibility index (Phi) is 8.63. The number of pyridine rings is 1. The van der Waals surface area contributed by atoms with E-state index < -0.39 is 0 Å². The van der Waals surface area contributed by atoms with Crippen LogP contribution >= 0.6 is 0 Å². The Morgan fingerprint density at radius 1 is 0.493 bits per heavy atom. The average Bonchev–Trinajstić information content (AvgIpc) is 3.28. The molecule has 3 heterocycles. The van der Waals surface area contributed by atoms with Gasteiger partial charge in [-0.1, -0.05) is 132 Å². The molecule has 15 rings (SSSR count). The van der Waals surface area contributed by atoms with Gasteiger partial charge in [0.15, 0.2) is 0 Å². The van der Waals surface area contributed by atoms with Gasteiger partial charge in [0.05, 0.1) is 5.69 Å². The molecule has 2 aliphatic heterocycles. The Hall–Kier alpha value is -4.31. The van der Waals surface area contributed by atoms with Crippen LogP contribution in [0.5, 0.6) is 0 Å². The molecule has 8 bridgehead atoms. The number of nitrogens with zero attached hydrogens (tertiary/aromatic N) is 3. The summed E-state index contributed by atoms with van der Waals surface area (Å²) in [6, 6.07) is 35.0. The van der Waals surface area contributed by atoms with Gasteiger partial charge in [-0.05, 0) is 207 Å². The number of hydrogen-bond acceptors (Lipinski definition) is 3. The summed E-state index contributed by atoms with van der Waals surface area (Å²) in [5.74, 6) is 7.67. The lowest BCUT2D eigenvalue weighted by molar-refractivity contribution is -0.213. The monoisotopic (exact) mass is 886 g/mol.